The first-order valence-electron chi connectivity index (χ1n) is 16.8. The minimum absolute atomic E-state index is 0.970. The van der Waals surface area contributed by atoms with Gasteiger partial charge in [0, 0.05) is 22.7 Å². The van der Waals surface area contributed by atoms with Crippen LogP contribution in [0.25, 0.3) is 94.4 Å². The van der Waals surface area contributed by atoms with Gasteiger partial charge < -0.3 is 0 Å². The van der Waals surface area contributed by atoms with Gasteiger partial charge in [0.1, 0.15) is 5.65 Å². The summed E-state index contributed by atoms with van der Waals surface area (Å²) in [6.07, 6.45) is 1.88. The third kappa shape index (κ3) is 4.31. The maximum atomic E-state index is 4.82. The standard InChI is InChI=1S/C47H30N2/c1-2-15-34(16-3-1)49-45-27-26-32(30-44(45)43-25-12-28-48-47(43)49)31-13-10-14-33(29-31)35-23-11-24-42-40-20-7-6-19-38(40)36-17-4-5-18-37(36)39-21-8-9-22-41(39)46(35)42/h1-30H. The number of pyridine rings is 1. The highest BCUT2D eigenvalue weighted by Crippen LogP contribution is 2.50. The molecule has 0 unspecified atom stereocenters. The molecular weight excluding hydrogens is 593 g/mol. The van der Waals surface area contributed by atoms with Crippen molar-refractivity contribution in [3.63, 3.8) is 0 Å². The molecule has 2 nitrogen and oxygen atoms in total. The second-order valence-electron chi connectivity index (χ2n) is 12.7. The number of hydrogen-bond acceptors (Lipinski definition) is 1. The SMILES string of the molecule is c1ccc(-n2c3ccc(-c4cccc(-c5cccc6c5-c5ccccc5-c5ccccc5-c5ccccc5-6)c4)cc3c3cccnc32)cc1. The van der Waals surface area contributed by atoms with Crippen LogP contribution in [0.4, 0.5) is 0 Å². The summed E-state index contributed by atoms with van der Waals surface area (Å²) in [5.41, 5.74) is 18.1. The smallest absolute Gasteiger partial charge is 0.145 e. The fourth-order valence-electron chi connectivity index (χ4n) is 7.88. The molecule has 0 spiro atoms. The van der Waals surface area contributed by atoms with E-state index in [4.69, 9.17) is 4.98 Å². The lowest BCUT2D eigenvalue weighted by molar-refractivity contribution is 1.14. The average Bonchev–Trinajstić information content (AvgIpc) is 3.51. The highest BCUT2D eigenvalue weighted by molar-refractivity contribution is 6.10. The molecule has 7 aromatic carbocycles. The molecule has 2 heterocycles. The van der Waals surface area contributed by atoms with E-state index < -0.39 is 0 Å². The first kappa shape index (κ1) is 27.6. The van der Waals surface area contributed by atoms with Crippen LogP contribution in [0.2, 0.25) is 0 Å². The summed E-state index contributed by atoms with van der Waals surface area (Å²) >= 11 is 0. The Hall–Kier alpha value is -6.51. The molecule has 0 bridgehead atoms. The van der Waals surface area contributed by atoms with Gasteiger partial charge in [-0.1, -0.05) is 133 Å². The Morgan fingerprint density at radius 2 is 0.898 bits per heavy atom. The highest BCUT2D eigenvalue weighted by atomic mass is 15.0. The summed E-state index contributed by atoms with van der Waals surface area (Å²) in [6.45, 7) is 0. The quantitative estimate of drug-likeness (QED) is 0.192. The van der Waals surface area contributed by atoms with Crippen LogP contribution in [0.5, 0.6) is 0 Å². The first-order chi connectivity index (χ1) is 24.3. The zero-order valence-electron chi connectivity index (χ0n) is 26.7. The van der Waals surface area contributed by atoms with E-state index in [2.05, 4.69) is 174 Å². The van der Waals surface area contributed by atoms with Crippen LogP contribution in [-0.2, 0) is 0 Å². The van der Waals surface area contributed by atoms with E-state index in [1.54, 1.807) is 0 Å². The van der Waals surface area contributed by atoms with Crippen molar-refractivity contribution in [1.82, 2.24) is 9.55 Å². The number of para-hydroxylation sites is 1. The number of nitrogens with zero attached hydrogens (tertiary/aromatic N) is 2. The van der Waals surface area contributed by atoms with Gasteiger partial charge in [0.15, 0.2) is 0 Å². The van der Waals surface area contributed by atoms with Gasteiger partial charge in [-0.3, -0.25) is 4.57 Å². The Morgan fingerprint density at radius 1 is 0.347 bits per heavy atom. The van der Waals surface area contributed by atoms with E-state index >= 15 is 0 Å². The Morgan fingerprint density at radius 3 is 1.63 bits per heavy atom. The topological polar surface area (TPSA) is 17.8 Å². The van der Waals surface area contributed by atoms with E-state index in [9.17, 15) is 0 Å². The molecule has 228 valence electrons. The predicted molar refractivity (Wildman–Crippen MR) is 205 cm³/mol. The van der Waals surface area contributed by atoms with Crippen molar-refractivity contribution in [3.05, 3.63) is 182 Å². The van der Waals surface area contributed by atoms with E-state index in [0.717, 1.165) is 22.2 Å². The van der Waals surface area contributed by atoms with Crippen molar-refractivity contribution in [2.45, 2.75) is 0 Å². The minimum Gasteiger partial charge on any atom is -0.294 e. The second kappa shape index (κ2) is 11.0. The molecule has 49 heavy (non-hydrogen) atoms. The molecule has 0 radical (unpaired) electrons. The molecule has 1 aliphatic rings. The van der Waals surface area contributed by atoms with Crippen molar-refractivity contribution < 1.29 is 0 Å². The third-order valence-corrected chi connectivity index (χ3v) is 10.0. The average molecular weight is 623 g/mol. The fraction of sp³-hybridized carbons (Fsp3) is 0. The molecule has 0 atom stereocenters. The molecular formula is C47H30N2. The summed E-state index contributed by atoms with van der Waals surface area (Å²) in [5, 5.41) is 2.35. The van der Waals surface area contributed by atoms with Gasteiger partial charge in [0.2, 0.25) is 0 Å². The molecule has 1 aliphatic carbocycles. The molecule has 9 aromatic rings. The Bertz CT molecular complexity index is 2710. The van der Waals surface area contributed by atoms with Gasteiger partial charge >= 0.3 is 0 Å². The van der Waals surface area contributed by atoms with Crippen LogP contribution in [0.3, 0.4) is 0 Å². The highest BCUT2D eigenvalue weighted by Gasteiger charge is 2.24. The van der Waals surface area contributed by atoms with Crippen LogP contribution < -0.4 is 0 Å². The molecule has 10 rings (SSSR count). The number of aromatic nitrogens is 2. The molecule has 2 heteroatoms. The Balaban J connectivity index is 1.18. The molecule has 0 saturated carbocycles. The van der Waals surface area contributed by atoms with Crippen molar-refractivity contribution in [2.75, 3.05) is 0 Å². The summed E-state index contributed by atoms with van der Waals surface area (Å²) < 4.78 is 2.26. The van der Waals surface area contributed by atoms with Crippen LogP contribution >= 0.6 is 0 Å². The van der Waals surface area contributed by atoms with Gasteiger partial charge in [-0.25, -0.2) is 4.98 Å². The normalized spacial score (nSPS) is 11.7. The monoisotopic (exact) mass is 622 g/mol. The number of fused-ring (bicyclic) bond motifs is 11. The fourth-order valence-corrected chi connectivity index (χ4v) is 7.88. The molecule has 0 amide bonds. The lowest BCUT2D eigenvalue weighted by Gasteiger charge is -2.25. The summed E-state index contributed by atoms with van der Waals surface area (Å²) in [6, 6.07) is 63.9. The van der Waals surface area contributed by atoms with E-state index in [-0.39, 0.29) is 0 Å². The Labute approximate surface area is 285 Å². The Kier molecular flexibility index (Phi) is 6.22. The van der Waals surface area contributed by atoms with E-state index in [1.807, 2.05) is 12.3 Å². The molecule has 0 saturated heterocycles. The maximum absolute atomic E-state index is 4.82. The lowest BCUT2D eigenvalue weighted by Crippen LogP contribution is -1.98. The van der Waals surface area contributed by atoms with Crippen molar-refractivity contribution in [3.8, 4) is 72.4 Å². The van der Waals surface area contributed by atoms with Gasteiger partial charge in [-0.2, -0.15) is 0 Å². The van der Waals surface area contributed by atoms with Gasteiger partial charge in [-0.15, -0.1) is 0 Å². The summed E-state index contributed by atoms with van der Waals surface area (Å²) in [7, 11) is 0. The number of rotatable bonds is 3. The number of hydrogen-bond donors (Lipinski definition) is 0. The largest absolute Gasteiger partial charge is 0.294 e. The predicted octanol–water partition coefficient (Wildman–Crippen LogP) is 12.5. The van der Waals surface area contributed by atoms with Crippen LogP contribution in [0, 0.1) is 0 Å². The van der Waals surface area contributed by atoms with Crippen LogP contribution in [0.1, 0.15) is 0 Å². The number of benzene rings is 7. The molecule has 0 fully saturated rings. The molecule has 2 aromatic heterocycles. The first-order valence-corrected chi connectivity index (χ1v) is 16.8. The minimum atomic E-state index is 0.970. The van der Waals surface area contributed by atoms with Crippen LogP contribution in [0.15, 0.2) is 182 Å². The maximum Gasteiger partial charge on any atom is 0.145 e. The van der Waals surface area contributed by atoms with E-state index in [1.165, 1.54) is 72.1 Å². The summed E-state index contributed by atoms with van der Waals surface area (Å²) in [5.74, 6) is 0. The molecule has 0 N–H and O–H groups in total. The zero-order valence-corrected chi connectivity index (χ0v) is 26.7. The molecule has 0 aliphatic heterocycles. The van der Waals surface area contributed by atoms with Gasteiger partial charge in [0.05, 0.1) is 5.52 Å². The van der Waals surface area contributed by atoms with Crippen molar-refractivity contribution in [2.24, 2.45) is 0 Å². The zero-order chi connectivity index (χ0) is 32.3. The van der Waals surface area contributed by atoms with Crippen molar-refractivity contribution in [1.29, 1.82) is 0 Å². The third-order valence-electron chi connectivity index (χ3n) is 10.0. The van der Waals surface area contributed by atoms with Gasteiger partial charge in [-0.05, 0) is 109 Å². The van der Waals surface area contributed by atoms with Crippen LogP contribution in [-0.4, -0.2) is 9.55 Å². The summed E-state index contributed by atoms with van der Waals surface area (Å²) in [4.78, 5) is 4.82. The van der Waals surface area contributed by atoms with Gasteiger partial charge in [0.25, 0.3) is 0 Å². The van der Waals surface area contributed by atoms with Crippen molar-refractivity contribution >= 4 is 21.9 Å². The lowest BCUT2D eigenvalue weighted by atomic mass is 9.78. The second-order valence-corrected chi connectivity index (χ2v) is 12.7. The van der Waals surface area contributed by atoms with E-state index in [0.29, 0.717) is 0 Å².